The van der Waals surface area contributed by atoms with E-state index in [1.54, 1.807) is 19.2 Å². The molecule has 1 saturated carbocycles. The van der Waals surface area contributed by atoms with Gasteiger partial charge in [-0.15, -0.1) is 0 Å². The van der Waals surface area contributed by atoms with E-state index in [0.29, 0.717) is 30.3 Å². The van der Waals surface area contributed by atoms with Gasteiger partial charge in [-0.05, 0) is 30.9 Å². The highest BCUT2D eigenvalue weighted by Gasteiger charge is 2.37. The van der Waals surface area contributed by atoms with Gasteiger partial charge in [0.25, 0.3) is 0 Å². The summed E-state index contributed by atoms with van der Waals surface area (Å²) in [6.07, 6.45) is 2.82. The Labute approximate surface area is 124 Å². The van der Waals surface area contributed by atoms with E-state index in [2.05, 4.69) is 5.32 Å². The first kappa shape index (κ1) is 14.2. The highest BCUT2D eigenvalue weighted by atomic mass is 32.2. The predicted molar refractivity (Wildman–Crippen MR) is 81.5 cm³/mol. The fraction of sp³-hybridized carbons (Fsp3) is 0.500. The zero-order valence-electron chi connectivity index (χ0n) is 11.9. The van der Waals surface area contributed by atoms with Crippen molar-refractivity contribution in [2.45, 2.75) is 19.3 Å². The lowest BCUT2D eigenvalue weighted by molar-refractivity contribution is -0.121. The molecule has 1 aliphatic heterocycles. The van der Waals surface area contributed by atoms with Crippen LogP contribution in [0.4, 0.5) is 11.4 Å². The number of para-hydroxylation sites is 2. The number of carbonyl (C=O) groups excluding carboxylic acids is 1. The Hall–Kier alpha value is -1.76. The third-order valence-electron chi connectivity index (χ3n) is 3.92. The van der Waals surface area contributed by atoms with Crippen LogP contribution < -0.4 is 13.9 Å². The van der Waals surface area contributed by atoms with E-state index in [4.69, 9.17) is 0 Å². The van der Waals surface area contributed by atoms with Crippen molar-refractivity contribution in [3.63, 3.8) is 0 Å². The van der Waals surface area contributed by atoms with Gasteiger partial charge < -0.3 is 5.32 Å². The minimum atomic E-state index is -3.52. The van der Waals surface area contributed by atoms with Crippen molar-refractivity contribution >= 4 is 27.5 Å². The molecule has 1 aromatic carbocycles. The fourth-order valence-corrected chi connectivity index (χ4v) is 3.95. The minimum Gasteiger partial charge on any atom is -0.354 e. The second-order valence-corrected chi connectivity index (χ2v) is 7.42. The van der Waals surface area contributed by atoms with E-state index < -0.39 is 10.2 Å². The van der Waals surface area contributed by atoms with Crippen molar-refractivity contribution in [2.24, 2.45) is 5.92 Å². The average molecular weight is 309 g/mol. The molecule has 0 aromatic heterocycles. The van der Waals surface area contributed by atoms with Gasteiger partial charge in [0.2, 0.25) is 5.91 Å². The number of nitrogens with one attached hydrogen (secondary N) is 1. The van der Waals surface area contributed by atoms with Crippen LogP contribution in [-0.4, -0.2) is 34.5 Å². The lowest BCUT2D eigenvalue weighted by Crippen LogP contribution is -2.40. The molecule has 0 spiro atoms. The molecule has 7 heteroatoms. The number of nitrogens with zero attached hydrogens (tertiary/aromatic N) is 2. The van der Waals surface area contributed by atoms with Crippen molar-refractivity contribution in [1.82, 2.24) is 5.32 Å². The molecular formula is C14H19N3O3S. The molecule has 1 N–H and O–H groups in total. The first-order valence-corrected chi connectivity index (χ1v) is 8.52. The van der Waals surface area contributed by atoms with Gasteiger partial charge in [0.1, 0.15) is 0 Å². The molecule has 0 saturated heterocycles. The standard InChI is InChI=1S/C14H19N3O3S/c1-16-12-4-2-3-5-13(12)17(21(16,19)20)9-8-15-14(18)10-11-6-7-11/h2-5,11H,6-10H2,1H3,(H,15,18). The third-order valence-corrected chi connectivity index (χ3v) is 5.75. The van der Waals surface area contributed by atoms with Crippen molar-refractivity contribution < 1.29 is 13.2 Å². The van der Waals surface area contributed by atoms with Gasteiger partial charge in [0.15, 0.2) is 0 Å². The van der Waals surface area contributed by atoms with Crippen LogP contribution in [0.3, 0.4) is 0 Å². The number of rotatable bonds is 5. The molecular weight excluding hydrogens is 290 g/mol. The van der Waals surface area contributed by atoms with Crippen LogP contribution in [0.5, 0.6) is 0 Å². The van der Waals surface area contributed by atoms with E-state index in [0.717, 1.165) is 12.8 Å². The maximum absolute atomic E-state index is 12.4. The lowest BCUT2D eigenvalue weighted by Gasteiger charge is -2.19. The maximum Gasteiger partial charge on any atom is 0.326 e. The zero-order valence-corrected chi connectivity index (χ0v) is 12.8. The molecule has 1 fully saturated rings. The molecule has 2 aliphatic rings. The van der Waals surface area contributed by atoms with Gasteiger partial charge >= 0.3 is 10.2 Å². The first-order chi connectivity index (χ1) is 10.00. The predicted octanol–water partition coefficient (Wildman–Crippen LogP) is 1.10. The van der Waals surface area contributed by atoms with Crippen LogP contribution in [0.15, 0.2) is 24.3 Å². The van der Waals surface area contributed by atoms with Gasteiger partial charge in [-0.1, -0.05) is 12.1 Å². The number of hydrogen-bond donors (Lipinski definition) is 1. The van der Waals surface area contributed by atoms with Crippen LogP contribution in [0.25, 0.3) is 0 Å². The summed E-state index contributed by atoms with van der Waals surface area (Å²) in [4.78, 5) is 11.6. The van der Waals surface area contributed by atoms with Crippen molar-refractivity contribution in [2.75, 3.05) is 28.7 Å². The number of hydrogen-bond acceptors (Lipinski definition) is 3. The summed E-state index contributed by atoms with van der Waals surface area (Å²) in [5.41, 5.74) is 1.33. The molecule has 1 aliphatic carbocycles. The largest absolute Gasteiger partial charge is 0.354 e. The summed E-state index contributed by atoms with van der Waals surface area (Å²) in [5, 5.41) is 2.80. The van der Waals surface area contributed by atoms with Crippen LogP contribution >= 0.6 is 0 Å². The Kier molecular flexibility index (Phi) is 3.52. The van der Waals surface area contributed by atoms with Crippen LogP contribution in [0, 0.1) is 5.92 Å². The highest BCUT2D eigenvalue weighted by molar-refractivity contribution is 7.94. The molecule has 3 rings (SSSR count). The smallest absolute Gasteiger partial charge is 0.326 e. The zero-order chi connectivity index (χ0) is 15.0. The Morgan fingerprint density at radius 1 is 1.29 bits per heavy atom. The van der Waals surface area contributed by atoms with Crippen molar-refractivity contribution in [3.8, 4) is 0 Å². The highest BCUT2D eigenvalue weighted by Crippen LogP contribution is 2.39. The second-order valence-electron chi connectivity index (χ2n) is 5.53. The average Bonchev–Trinajstić information content (AvgIpc) is 3.23. The fourth-order valence-electron chi connectivity index (χ4n) is 2.53. The van der Waals surface area contributed by atoms with Gasteiger partial charge in [0, 0.05) is 20.0 Å². The van der Waals surface area contributed by atoms with E-state index in [-0.39, 0.29) is 12.5 Å². The summed E-state index contributed by atoms with van der Waals surface area (Å²) >= 11 is 0. The first-order valence-electron chi connectivity index (χ1n) is 7.12. The summed E-state index contributed by atoms with van der Waals surface area (Å²) in [6, 6.07) is 7.18. The number of amides is 1. The minimum absolute atomic E-state index is 0.00994. The van der Waals surface area contributed by atoms with Crippen LogP contribution in [0.1, 0.15) is 19.3 Å². The van der Waals surface area contributed by atoms with Crippen LogP contribution in [0.2, 0.25) is 0 Å². The summed E-state index contributed by atoms with van der Waals surface area (Å²) in [7, 11) is -1.98. The Balaban J connectivity index is 1.65. The number of anilines is 2. The van der Waals surface area contributed by atoms with Crippen LogP contribution in [-0.2, 0) is 15.0 Å². The van der Waals surface area contributed by atoms with E-state index in [1.165, 1.54) is 8.61 Å². The number of fused-ring (bicyclic) bond motifs is 1. The molecule has 0 bridgehead atoms. The van der Waals surface area contributed by atoms with E-state index in [9.17, 15) is 13.2 Å². The summed E-state index contributed by atoms with van der Waals surface area (Å²) < 4.78 is 27.3. The van der Waals surface area contributed by atoms with Crippen molar-refractivity contribution in [1.29, 1.82) is 0 Å². The van der Waals surface area contributed by atoms with Gasteiger partial charge in [-0.2, -0.15) is 8.42 Å². The Morgan fingerprint density at radius 3 is 2.62 bits per heavy atom. The monoisotopic (exact) mass is 309 g/mol. The molecule has 1 heterocycles. The van der Waals surface area contributed by atoms with Gasteiger partial charge in [-0.3, -0.25) is 9.10 Å². The number of benzene rings is 1. The Morgan fingerprint density at radius 2 is 1.95 bits per heavy atom. The Bertz CT molecular complexity index is 655. The van der Waals surface area contributed by atoms with Gasteiger partial charge in [-0.25, -0.2) is 4.31 Å². The lowest BCUT2D eigenvalue weighted by atomic mass is 10.2. The molecule has 114 valence electrons. The maximum atomic E-state index is 12.4. The normalized spacial score (nSPS) is 19.5. The van der Waals surface area contributed by atoms with Crippen molar-refractivity contribution in [3.05, 3.63) is 24.3 Å². The molecule has 1 amide bonds. The molecule has 21 heavy (non-hydrogen) atoms. The van der Waals surface area contributed by atoms with E-state index >= 15 is 0 Å². The quantitative estimate of drug-likeness (QED) is 0.885. The molecule has 0 atom stereocenters. The molecule has 0 radical (unpaired) electrons. The second kappa shape index (κ2) is 5.22. The number of carbonyl (C=O) groups is 1. The topological polar surface area (TPSA) is 69.7 Å². The third kappa shape index (κ3) is 2.70. The molecule has 0 unspecified atom stereocenters. The SMILES string of the molecule is CN1c2ccccc2N(CCNC(=O)CC2CC2)S1(=O)=O. The molecule has 1 aromatic rings. The summed E-state index contributed by atoms with van der Waals surface area (Å²) in [6.45, 7) is 0.576. The molecule has 6 nitrogen and oxygen atoms in total. The van der Waals surface area contributed by atoms with Gasteiger partial charge in [0.05, 0.1) is 17.9 Å². The summed E-state index contributed by atoms with van der Waals surface area (Å²) in [5.74, 6) is 0.545. The van der Waals surface area contributed by atoms with E-state index in [1.807, 2.05) is 12.1 Å².